The van der Waals surface area contributed by atoms with Crippen LogP contribution in [0, 0.1) is 0 Å². The van der Waals surface area contributed by atoms with E-state index in [1.165, 1.54) is 51.4 Å². The molecule has 8 amide bonds. The minimum absolute atomic E-state index is 0.232. The zero-order valence-electron chi connectivity index (χ0n) is 68.6. The van der Waals surface area contributed by atoms with E-state index in [-0.39, 0.29) is 52.9 Å². The second-order valence-electron chi connectivity index (χ2n) is 26.2. The van der Waals surface area contributed by atoms with E-state index in [1.807, 2.05) is 97.1 Å². The highest BCUT2D eigenvalue weighted by molar-refractivity contribution is 5.90. The molecule has 12 rings (SSSR count). The number of hydrogen-bond donors (Lipinski definition) is 8. The van der Waals surface area contributed by atoms with Crippen molar-refractivity contribution in [2.24, 2.45) is 0 Å². The summed E-state index contributed by atoms with van der Waals surface area (Å²) in [6.45, 7) is 23.7. The Morgan fingerprint density at radius 3 is 0.381 bits per heavy atom. The van der Waals surface area contributed by atoms with Crippen LogP contribution in [-0.2, 0) is 67.7 Å². The largest absolute Gasteiger partial charge is 0.450 e. The summed E-state index contributed by atoms with van der Waals surface area (Å²) >= 11 is 0. The maximum Gasteiger partial charge on any atom is 0.411 e. The first kappa shape index (κ1) is 92.9. The molecule has 8 aromatic carbocycles. The first-order valence-corrected chi connectivity index (χ1v) is 40.1. The zero-order chi connectivity index (χ0) is 84.6. The average molecular weight is 1630 g/mol. The molecule has 0 aromatic heterocycles. The minimum Gasteiger partial charge on any atom is -0.450 e. The standard InChI is InChI=1S/2C37H40N4O8.4C4H8O/c2*1-5-46-33(42)38-29-17-9-25(10-18-29)37(26-11-19-30(20-12-26)39-34(43)47-6-2,27-13-21-31(22-14-27)40-35(44)48-7-3)28-15-23-32(24-16-28)41-36(45)49-8-4;4*1-2-4-5-3-1/h2*9-24H,5-8H2,1-4H3,(H,38,42)(H,39,43)(H,40,44)(H,41,45);4*1-4H2. The fraction of sp³-hybridized carbons (Fsp3) is 0.378. The molecule has 0 radical (unpaired) electrons. The van der Waals surface area contributed by atoms with Crippen LogP contribution in [0.2, 0.25) is 0 Å². The molecule has 4 saturated heterocycles. The molecule has 8 aromatic rings. The first-order valence-electron chi connectivity index (χ1n) is 40.1. The summed E-state index contributed by atoms with van der Waals surface area (Å²) in [7, 11) is 0. The van der Waals surface area contributed by atoms with E-state index in [0.717, 1.165) is 97.4 Å². The van der Waals surface area contributed by atoms with Gasteiger partial charge in [0.2, 0.25) is 0 Å². The number of hydrogen-bond acceptors (Lipinski definition) is 20. The van der Waals surface area contributed by atoms with Gasteiger partial charge in [-0.25, -0.2) is 38.4 Å². The van der Waals surface area contributed by atoms with Crippen molar-refractivity contribution in [3.8, 4) is 0 Å². The molecular formula is C90H112N8O20. The van der Waals surface area contributed by atoms with Crippen LogP contribution in [0.5, 0.6) is 0 Å². The van der Waals surface area contributed by atoms with Gasteiger partial charge in [-0.1, -0.05) is 97.1 Å². The van der Waals surface area contributed by atoms with Crippen molar-refractivity contribution >= 4 is 94.2 Å². The maximum absolute atomic E-state index is 12.2. The summed E-state index contributed by atoms with van der Waals surface area (Å²) in [6.07, 6.45) is 5.67. The van der Waals surface area contributed by atoms with Gasteiger partial charge in [-0.3, -0.25) is 42.5 Å². The number of anilines is 8. The van der Waals surface area contributed by atoms with Crippen LogP contribution in [0.3, 0.4) is 0 Å². The monoisotopic (exact) mass is 1620 g/mol. The molecule has 118 heavy (non-hydrogen) atoms. The molecule has 0 bridgehead atoms. The lowest BCUT2D eigenvalue weighted by atomic mass is 9.65. The topological polar surface area (TPSA) is 344 Å². The summed E-state index contributed by atoms with van der Waals surface area (Å²) in [5, 5.41) is 21.9. The van der Waals surface area contributed by atoms with E-state index >= 15 is 0 Å². The van der Waals surface area contributed by atoms with Crippen LogP contribution in [0.15, 0.2) is 194 Å². The van der Waals surface area contributed by atoms with Crippen LogP contribution in [0.4, 0.5) is 83.9 Å². The number of amides is 8. The Kier molecular flexibility index (Phi) is 40.7. The summed E-state index contributed by atoms with van der Waals surface area (Å²) in [6, 6.07) is 59.0. The number of carbonyl (C=O) groups is 8. The number of benzene rings is 8. The SMILES string of the molecule is C1CCOC1.C1CCOC1.C1CCOC1.C1CCOC1.CCOC(=O)Nc1ccc(C(c2ccc(NC(=O)OCC)cc2)(c2ccc(NC(=O)OCC)cc2)c2ccc(NC(=O)OCC)cc2)cc1.CCOC(=O)Nc1ccc(C(c2ccc(NC(=O)OCC)cc2)(c2ccc(NC(=O)OCC)cc2)c2ccc(NC(=O)OCC)cc2)cc1. The van der Waals surface area contributed by atoms with E-state index in [9.17, 15) is 38.4 Å². The van der Waals surface area contributed by atoms with Crippen molar-refractivity contribution in [1.29, 1.82) is 0 Å². The van der Waals surface area contributed by atoms with Gasteiger partial charge >= 0.3 is 48.7 Å². The lowest BCUT2D eigenvalue weighted by molar-refractivity contribution is 0.167. The van der Waals surface area contributed by atoms with Gasteiger partial charge in [0.25, 0.3) is 0 Å². The highest BCUT2D eigenvalue weighted by atomic mass is 16.6. The van der Waals surface area contributed by atoms with E-state index in [4.69, 9.17) is 56.8 Å². The van der Waals surface area contributed by atoms with Crippen molar-refractivity contribution < 1.29 is 95.2 Å². The lowest BCUT2D eigenvalue weighted by Crippen LogP contribution is -2.31. The minimum atomic E-state index is -0.990. The Bertz CT molecular complexity index is 3470. The normalized spacial score (nSPS) is 12.9. The van der Waals surface area contributed by atoms with Crippen LogP contribution < -0.4 is 42.5 Å². The molecule has 4 aliphatic heterocycles. The maximum atomic E-state index is 12.2. The molecule has 632 valence electrons. The Balaban J connectivity index is 0.000000261. The van der Waals surface area contributed by atoms with Gasteiger partial charge in [0, 0.05) is 98.4 Å². The van der Waals surface area contributed by atoms with Crippen molar-refractivity contribution in [2.45, 2.75) is 118 Å². The molecular weight excluding hydrogens is 1510 g/mol. The number of nitrogens with one attached hydrogen (secondary N) is 8. The average Bonchev–Trinajstić information content (AvgIpc) is 0.967. The van der Waals surface area contributed by atoms with Crippen molar-refractivity contribution in [3.63, 3.8) is 0 Å². The highest BCUT2D eigenvalue weighted by Crippen LogP contribution is 2.48. The third kappa shape index (κ3) is 29.8. The van der Waals surface area contributed by atoms with E-state index < -0.39 is 59.6 Å². The molecule has 0 spiro atoms. The Morgan fingerprint density at radius 1 is 0.203 bits per heavy atom. The van der Waals surface area contributed by atoms with Gasteiger partial charge in [-0.2, -0.15) is 0 Å². The van der Waals surface area contributed by atoms with Gasteiger partial charge < -0.3 is 56.8 Å². The molecule has 4 heterocycles. The van der Waals surface area contributed by atoms with Crippen LogP contribution >= 0.6 is 0 Å². The van der Waals surface area contributed by atoms with Gasteiger partial charge in [-0.15, -0.1) is 0 Å². The Hall–Kier alpha value is -12.2. The second kappa shape index (κ2) is 51.7. The number of ether oxygens (including phenoxy) is 12. The fourth-order valence-electron chi connectivity index (χ4n) is 12.7. The molecule has 28 nitrogen and oxygen atoms in total. The quantitative estimate of drug-likeness (QED) is 0.0206. The molecule has 0 aliphatic carbocycles. The first-order chi connectivity index (χ1) is 57.4. The summed E-state index contributed by atoms with van der Waals surface area (Å²) < 4.78 is 60.1. The Morgan fingerprint density at radius 2 is 0.305 bits per heavy atom. The molecule has 0 saturated carbocycles. The molecule has 4 aliphatic rings. The molecule has 8 N–H and O–H groups in total. The molecule has 4 fully saturated rings. The van der Waals surface area contributed by atoms with E-state index in [1.54, 1.807) is 152 Å². The molecule has 28 heteroatoms. The fourth-order valence-corrected chi connectivity index (χ4v) is 12.7. The van der Waals surface area contributed by atoms with Gasteiger partial charge in [-0.05, 0) is 248 Å². The molecule has 0 atom stereocenters. The van der Waals surface area contributed by atoms with Crippen LogP contribution in [-0.4, -0.2) is 154 Å². The van der Waals surface area contributed by atoms with E-state index in [0.29, 0.717) is 45.5 Å². The van der Waals surface area contributed by atoms with E-state index in [2.05, 4.69) is 42.5 Å². The summed E-state index contributed by atoms with van der Waals surface area (Å²) in [5.74, 6) is 0. The molecule has 0 unspecified atom stereocenters. The van der Waals surface area contributed by atoms with Crippen LogP contribution in [0.1, 0.15) is 151 Å². The van der Waals surface area contributed by atoms with Gasteiger partial charge in [0.1, 0.15) is 0 Å². The predicted molar refractivity (Wildman–Crippen MR) is 455 cm³/mol. The third-order valence-corrected chi connectivity index (χ3v) is 18.0. The van der Waals surface area contributed by atoms with Crippen molar-refractivity contribution in [2.75, 3.05) is 148 Å². The van der Waals surface area contributed by atoms with Crippen LogP contribution in [0.25, 0.3) is 0 Å². The smallest absolute Gasteiger partial charge is 0.411 e. The third-order valence-electron chi connectivity index (χ3n) is 18.0. The lowest BCUT2D eigenvalue weighted by Gasteiger charge is -2.37. The summed E-state index contributed by atoms with van der Waals surface area (Å²) in [5.41, 5.74) is 8.90. The number of carbonyl (C=O) groups excluding carboxylic acids is 8. The highest BCUT2D eigenvalue weighted by Gasteiger charge is 2.41. The van der Waals surface area contributed by atoms with Gasteiger partial charge in [0.05, 0.1) is 63.7 Å². The zero-order valence-corrected chi connectivity index (χ0v) is 68.6. The van der Waals surface area contributed by atoms with Crippen molar-refractivity contribution in [1.82, 2.24) is 0 Å². The van der Waals surface area contributed by atoms with Gasteiger partial charge in [0.15, 0.2) is 0 Å². The summed E-state index contributed by atoms with van der Waals surface area (Å²) in [4.78, 5) is 97.3. The second-order valence-corrected chi connectivity index (χ2v) is 26.2. The van der Waals surface area contributed by atoms with Crippen molar-refractivity contribution in [3.05, 3.63) is 239 Å². The predicted octanol–water partition coefficient (Wildman–Crippen LogP) is 19.9. The Labute approximate surface area is 690 Å². The number of rotatable bonds is 24.